The largest absolute Gasteiger partial charge is 0.455 e. The molecule has 9 heteroatoms. The molecule has 0 saturated carbocycles. The fraction of sp³-hybridized carbons (Fsp3) is 0. The Labute approximate surface area is 169 Å². The number of carbonyl (C=O) groups is 1. The van der Waals surface area contributed by atoms with Crippen molar-refractivity contribution in [2.75, 3.05) is 4.72 Å². The Balaban J connectivity index is 1.91. The first-order valence-corrected chi connectivity index (χ1v) is 10.1. The maximum atomic E-state index is 13.7. The zero-order valence-corrected chi connectivity index (χ0v) is 16.6. The molecule has 3 aromatic carbocycles. The van der Waals surface area contributed by atoms with Gasteiger partial charge in [0.25, 0.3) is 15.9 Å². The van der Waals surface area contributed by atoms with Crippen molar-refractivity contribution in [2.45, 2.75) is 4.90 Å². The Morgan fingerprint density at radius 3 is 2.25 bits per heavy atom. The number of amides is 1. The minimum Gasteiger partial charge on any atom is -0.455 e. The van der Waals surface area contributed by atoms with Gasteiger partial charge in [-0.05, 0) is 60.7 Å². The molecule has 0 aliphatic rings. The van der Waals surface area contributed by atoms with Gasteiger partial charge in [0.15, 0.2) is 5.75 Å². The van der Waals surface area contributed by atoms with Crippen LogP contribution < -0.4 is 15.2 Å². The van der Waals surface area contributed by atoms with Crippen molar-refractivity contribution in [3.05, 3.63) is 82.6 Å². The fourth-order valence-electron chi connectivity index (χ4n) is 2.29. The van der Waals surface area contributed by atoms with Crippen molar-refractivity contribution in [1.29, 1.82) is 0 Å². The molecule has 0 aromatic heterocycles. The molecule has 0 heterocycles. The molecular formula is C19H13BrFN2O4S. The van der Waals surface area contributed by atoms with Gasteiger partial charge in [-0.3, -0.25) is 15.3 Å². The van der Waals surface area contributed by atoms with Crippen LogP contribution in [-0.2, 0) is 10.0 Å². The van der Waals surface area contributed by atoms with Gasteiger partial charge in [-0.25, -0.2) is 12.8 Å². The van der Waals surface area contributed by atoms with Crippen LogP contribution in [0.3, 0.4) is 0 Å². The number of rotatable bonds is 6. The molecule has 1 radical (unpaired) electrons. The number of benzene rings is 3. The molecule has 0 fully saturated rings. The second-order valence-corrected chi connectivity index (χ2v) is 8.25. The third-order valence-corrected chi connectivity index (χ3v) is 5.56. The molecule has 0 saturated heterocycles. The lowest BCUT2D eigenvalue weighted by molar-refractivity contribution is 0.0992. The molecule has 0 aliphatic heterocycles. The van der Waals surface area contributed by atoms with Crippen molar-refractivity contribution in [2.24, 2.45) is 0 Å². The fourth-order valence-corrected chi connectivity index (χ4v) is 3.62. The quantitative estimate of drug-likeness (QED) is 0.577. The Morgan fingerprint density at radius 2 is 1.64 bits per heavy atom. The van der Waals surface area contributed by atoms with E-state index in [4.69, 9.17) is 10.5 Å². The summed E-state index contributed by atoms with van der Waals surface area (Å²) in [5.74, 6) is -1.01. The van der Waals surface area contributed by atoms with Crippen molar-refractivity contribution < 1.29 is 22.3 Å². The van der Waals surface area contributed by atoms with E-state index in [1.54, 1.807) is 24.3 Å². The van der Waals surface area contributed by atoms with Gasteiger partial charge in [0.1, 0.15) is 11.6 Å². The smallest absolute Gasteiger partial charge is 0.269 e. The highest BCUT2D eigenvalue weighted by molar-refractivity contribution is 9.10. The molecule has 6 nitrogen and oxygen atoms in total. The molecule has 2 N–H and O–H groups in total. The van der Waals surface area contributed by atoms with Crippen molar-refractivity contribution in [1.82, 2.24) is 5.73 Å². The van der Waals surface area contributed by atoms with Crippen LogP contribution in [0, 0.1) is 5.82 Å². The molecule has 0 aliphatic carbocycles. The van der Waals surface area contributed by atoms with Gasteiger partial charge < -0.3 is 4.74 Å². The van der Waals surface area contributed by atoms with E-state index in [0.29, 0.717) is 5.75 Å². The third kappa shape index (κ3) is 4.68. The van der Waals surface area contributed by atoms with Crippen molar-refractivity contribution in [3.63, 3.8) is 0 Å². The minimum absolute atomic E-state index is 0.0592. The van der Waals surface area contributed by atoms with E-state index in [-0.39, 0.29) is 21.9 Å². The van der Waals surface area contributed by atoms with E-state index >= 15 is 0 Å². The van der Waals surface area contributed by atoms with Gasteiger partial charge >= 0.3 is 0 Å². The molecule has 28 heavy (non-hydrogen) atoms. The normalized spacial score (nSPS) is 11.1. The lowest BCUT2D eigenvalue weighted by atomic mass is 10.2. The summed E-state index contributed by atoms with van der Waals surface area (Å²) in [7, 11) is -4.07. The van der Waals surface area contributed by atoms with Gasteiger partial charge in [-0.2, -0.15) is 0 Å². The second kappa shape index (κ2) is 7.99. The molecular weight excluding hydrogens is 451 g/mol. The Bertz CT molecular complexity index is 1120. The van der Waals surface area contributed by atoms with Gasteiger partial charge in [0.05, 0.1) is 10.6 Å². The van der Waals surface area contributed by atoms with Crippen LogP contribution in [0.25, 0.3) is 0 Å². The standard InChI is InChI=1S/C19H13BrFN2O4S/c20-13-3-6-15(7-4-13)27-18-10-5-14(21)11-17(18)23-28(25,26)16-8-1-12(2-9-16)19(22)24/h1-11,22-23H. The molecule has 0 unspecified atom stereocenters. The first kappa shape index (κ1) is 19.8. The van der Waals surface area contributed by atoms with Crippen LogP contribution in [0.4, 0.5) is 10.1 Å². The molecule has 0 spiro atoms. The summed E-state index contributed by atoms with van der Waals surface area (Å²) in [5.41, 5.74) is 7.01. The molecule has 0 bridgehead atoms. The Kier molecular flexibility index (Phi) is 5.66. The predicted molar refractivity (Wildman–Crippen MR) is 105 cm³/mol. The van der Waals surface area contributed by atoms with Crippen LogP contribution in [0.5, 0.6) is 11.5 Å². The summed E-state index contributed by atoms with van der Waals surface area (Å²) in [6.45, 7) is 0. The van der Waals surface area contributed by atoms with E-state index in [1.165, 1.54) is 30.3 Å². The van der Waals surface area contributed by atoms with E-state index in [9.17, 15) is 17.6 Å². The summed E-state index contributed by atoms with van der Waals surface area (Å²) in [4.78, 5) is 10.9. The van der Waals surface area contributed by atoms with Gasteiger partial charge in [0, 0.05) is 16.1 Å². The average molecular weight is 464 g/mol. The summed E-state index contributed by atoms with van der Waals surface area (Å²) in [6.07, 6.45) is 0. The van der Waals surface area contributed by atoms with E-state index < -0.39 is 21.7 Å². The third-order valence-electron chi connectivity index (χ3n) is 3.65. The highest BCUT2D eigenvalue weighted by Gasteiger charge is 2.18. The maximum absolute atomic E-state index is 13.7. The lowest BCUT2D eigenvalue weighted by Gasteiger charge is -2.14. The predicted octanol–water partition coefficient (Wildman–Crippen LogP) is 4.60. The van der Waals surface area contributed by atoms with Crippen LogP contribution in [0.2, 0.25) is 0 Å². The molecule has 3 rings (SSSR count). The zero-order chi connectivity index (χ0) is 20.3. The number of sulfonamides is 1. The lowest BCUT2D eigenvalue weighted by Crippen LogP contribution is -2.14. The first-order valence-electron chi connectivity index (χ1n) is 7.86. The summed E-state index contributed by atoms with van der Waals surface area (Å²) < 4.78 is 47.7. The van der Waals surface area contributed by atoms with Crippen LogP contribution in [0.15, 0.2) is 76.1 Å². The van der Waals surface area contributed by atoms with E-state index in [2.05, 4.69) is 20.7 Å². The summed E-state index contributed by atoms with van der Waals surface area (Å²) in [6, 6.07) is 15.2. The van der Waals surface area contributed by atoms with Gasteiger partial charge in [0.2, 0.25) is 0 Å². The number of ether oxygens (including phenoxy) is 1. The number of nitrogens with one attached hydrogen (secondary N) is 2. The van der Waals surface area contributed by atoms with E-state index in [1.807, 2.05) is 0 Å². The van der Waals surface area contributed by atoms with Crippen LogP contribution in [-0.4, -0.2) is 14.3 Å². The van der Waals surface area contributed by atoms with Crippen LogP contribution in [0.1, 0.15) is 10.4 Å². The molecule has 1 amide bonds. The van der Waals surface area contributed by atoms with Gasteiger partial charge in [-0.1, -0.05) is 15.9 Å². The SMILES string of the molecule is [NH]C(=O)c1ccc(S(=O)(=O)Nc2cc(F)ccc2Oc2ccc(Br)cc2)cc1. The first-order chi connectivity index (χ1) is 13.2. The highest BCUT2D eigenvalue weighted by atomic mass is 79.9. The second-order valence-electron chi connectivity index (χ2n) is 5.66. The number of halogens is 2. The van der Waals surface area contributed by atoms with Crippen LogP contribution >= 0.6 is 15.9 Å². The summed E-state index contributed by atoms with van der Waals surface area (Å²) in [5, 5.41) is 0. The maximum Gasteiger partial charge on any atom is 0.269 e. The topological polar surface area (TPSA) is 96.3 Å². The van der Waals surface area contributed by atoms with Crippen molar-refractivity contribution in [3.8, 4) is 11.5 Å². The van der Waals surface area contributed by atoms with Crippen molar-refractivity contribution >= 4 is 37.5 Å². The van der Waals surface area contributed by atoms with E-state index in [0.717, 1.165) is 16.6 Å². The highest BCUT2D eigenvalue weighted by Crippen LogP contribution is 2.32. The molecule has 143 valence electrons. The van der Waals surface area contributed by atoms with Gasteiger partial charge in [-0.15, -0.1) is 0 Å². The minimum atomic E-state index is -4.07. The summed E-state index contributed by atoms with van der Waals surface area (Å²) >= 11 is 3.30. The number of hydrogen-bond donors (Lipinski definition) is 1. The average Bonchev–Trinajstić information content (AvgIpc) is 2.65. The molecule has 3 aromatic rings. The Hall–Kier alpha value is -2.91. The number of carbonyl (C=O) groups excluding carboxylic acids is 1. The molecule has 0 atom stereocenters. The number of anilines is 1. The Morgan fingerprint density at radius 1 is 1.00 bits per heavy atom. The monoisotopic (exact) mass is 463 g/mol. The number of hydrogen-bond acceptors (Lipinski definition) is 4. The zero-order valence-electron chi connectivity index (χ0n) is 14.1.